The highest BCUT2D eigenvalue weighted by atomic mass is 15.0. The Bertz CT molecular complexity index is 691. The SMILES string of the molecule is Cc1cccc(C)c1NC1=NC(C)(C)Cc2ccccc21. The molecule has 2 heteroatoms. The van der Waals surface area contributed by atoms with Crippen LogP contribution in [0.15, 0.2) is 47.5 Å². The fourth-order valence-corrected chi connectivity index (χ4v) is 3.00. The Morgan fingerprint density at radius 3 is 2.33 bits per heavy atom. The molecular formula is C19H22N2. The smallest absolute Gasteiger partial charge is 0.133 e. The number of fused-ring (bicyclic) bond motifs is 1. The molecular weight excluding hydrogens is 256 g/mol. The molecule has 0 bridgehead atoms. The molecule has 108 valence electrons. The van der Waals surface area contributed by atoms with Crippen LogP contribution in [-0.2, 0) is 6.42 Å². The maximum atomic E-state index is 4.94. The van der Waals surface area contributed by atoms with E-state index in [-0.39, 0.29) is 5.54 Å². The number of nitrogens with one attached hydrogen (secondary N) is 1. The van der Waals surface area contributed by atoms with Crippen LogP contribution in [0, 0.1) is 13.8 Å². The van der Waals surface area contributed by atoms with E-state index in [1.54, 1.807) is 0 Å². The van der Waals surface area contributed by atoms with Crippen molar-refractivity contribution in [3.8, 4) is 0 Å². The first-order valence-electron chi connectivity index (χ1n) is 7.48. The maximum Gasteiger partial charge on any atom is 0.133 e. The van der Waals surface area contributed by atoms with Crippen LogP contribution in [0.4, 0.5) is 5.69 Å². The Labute approximate surface area is 126 Å². The Hall–Kier alpha value is -2.09. The van der Waals surface area contributed by atoms with E-state index >= 15 is 0 Å². The molecule has 21 heavy (non-hydrogen) atoms. The number of aryl methyl sites for hydroxylation is 2. The molecule has 2 nitrogen and oxygen atoms in total. The summed E-state index contributed by atoms with van der Waals surface area (Å²) in [5.41, 5.74) is 6.19. The zero-order chi connectivity index (χ0) is 15.0. The number of hydrogen-bond acceptors (Lipinski definition) is 2. The lowest BCUT2D eigenvalue weighted by atomic mass is 9.88. The average molecular weight is 278 g/mol. The lowest BCUT2D eigenvalue weighted by molar-refractivity contribution is 0.513. The van der Waals surface area contributed by atoms with Crippen molar-refractivity contribution in [1.29, 1.82) is 0 Å². The normalized spacial score (nSPS) is 16.1. The first-order chi connectivity index (χ1) is 9.96. The number of para-hydroxylation sites is 1. The molecule has 0 spiro atoms. The van der Waals surface area contributed by atoms with Gasteiger partial charge >= 0.3 is 0 Å². The van der Waals surface area contributed by atoms with Gasteiger partial charge in [-0.15, -0.1) is 0 Å². The van der Waals surface area contributed by atoms with Crippen molar-refractivity contribution in [2.75, 3.05) is 5.32 Å². The lowest BCUT2D eigenvalue weighted by Crippen LogP contribution is -2.32. The fourth-order valence-electron chi connectivity index (χ4n) is 3.00. The van der Waals surface area contributed by atoms with Gasteiger partial charge in [0, 0.05) is 11.3 Å². The van der Waals surface area contributed by atoms with Gasteiger partial charge < -0.3 is 5.32 Å². The van der Waals surface area contributed by atoms with Crippen LogP contribution in [0.5, 0.6) is 0 Å². The van der Waals surface area contributed by atoms with Gasteiger partial charge in [-0.2, -0.15) is 0 Å². The van der Waals surface area contributed by atoms with Crippen molar-refractivity contribution in [3.05, 3.63) is 64.7 Å². The largest absolute Gasteiger partial charge is 0.340 e. The van der Waals surface area contributed by atoms with E-state index in [0.717, 1.165) is 12.3 Å². The molecule has 0 saturated carbocycles. The monoisotopic (exact) mass is 278 g/mol. The van der Waals surface area contributed by atoms with Crippen LogP contribution >= 0.6 is 0 Å². The molecule has 0 radical (unpaired) electrons. The third-order valence-electron chi connectivity index (χ3n) is 4.03. The second kappa shape index (κ2) is 5.03. The zero-order valence-corrected chi connectivity index (χ0v) is 13.2. The standard InChI is InChI=1S/C19H22N2/c1-13-8-7-9-14(2)17(13)20-18-16-11-6-5-10-15(16)12-19(3,4)21-18/h5-11H,12H2,1-4H3,(H,20,21). The number of benzene rings is 2. The number of hydrogen-bond donors (Lipinski definition) is 1. The minimum atomic E-state index is -0.0622. The van der Waals surface area contributed by atoms with Crippen molar-refractivity contribution in [2.24, 2.45) is 4.99 Å². The molecule has 0 amide bonds. The maximum absolute atomic E-state index is 4.94. The van der Waals surface area contributed by atoms with Crippen LogP contribution in [0.3, 0.4) is 0 Å². The Balaban J connectivity index is 2.06. The lowest BCUT2D eigenvalue weighted by Gasteiger charge is -2.30. The van der Waals surface area contributed by atoms with Gasteiger partial charge in [0.2, 0.25) is 0 Å². The van der Waals surface area contributed by atoms with Crippen LogP contribution in [0.2, 0.25) is 0 Å². The molecule has 0 aromatic heterocycles. The van der Waals surface area contributed by atoms with Gasteiger partial charge in [0.15, 0.2) is 0 Å². The summed E-state index contributed by atoms with van der Waals surface area (Å²) < 4.78 is 0. The summed E-state index contributed by atoms with van der Waals surface area (Å²) in [6.07, 6.45) is 0.987. The summed E-state index contributed by atoms with van der Waals surface area (Å²) in [6.45, 7) is 8.65. The summed E-state index contributed by atoms with van der Waals surface area (Å²) in [5, 5.41) is 3.58. The Morgan fingerprint density at radius 2 is 1.62 bits per heavy atom. The van der Waals surface area contributed by atoms with Gasteiger partial charge in [-0.05, 0) is 50.8 Å². The molecule has 0 saturated heterocycles. The molecule has 3 rings (SSSR count). The van der Waals surface area contributed by atoms with E-state index in [4.69, 9.17) is 4.99 Å². The highest BCUT2D eigenvalue weighted by molar-refractivity contribution is 6.10. The van der Waals surface area contributed by atoms with Gasteiger partial charge in [-0.1, -0.05) is 42.5 Å². The van der Waals surface area contributed by atoms with E-state index in [9.17, 15) is 0 Å². The first kappa shape index (κ1) is 13.9. The molecule has 1 N–H and O–H groups in total. The molecule has 2 aromatic carbocycles. The highest BCUT2D eigenvalue weighted by Gasteiger charge is 2.26. The number of amidine groups is 1. The van der Waals surface area contributed by atoms with Crippen LogP contribution in [-0.4, -0.2) is 11.4 Å². The third-order valence-corrected chi connectivity index (χ3v) is 4.03. The minimum Gasteiger partial charge on any atom is -0.340 e. The molecule has 1 aliphatic rings. The number of aliphatic imine (C=N–C) groups is 1. The first-order valence-corrected chi connectivity index (χ1v) is 7.48. The summed E-state index contributed by atoms with van der Waals surface area (Å²) in [7, 11) is 0. The van der Waals surface area contributed by atoms with Crippen LogP contribution < -0.4 is 5.32 Å². The van der Waals surface area contributed by atoms with Crippen molar-refractivity contribution in [3.63, 3.8) is 0 Å². The molecule has 0 aliphatic carbocycles. The van der Waals surface area contributed by atoms with E-state index in [1.165, 1.54) is 27.9 Å². The van der Waals surface area contributed by atoms with Crippen LogP contribution in [0.25, 0.3) is 0 Å². The molecule has 1 heterocycles. The molecule has 2 aromatic rings. The second-order valence-corrected chi connectivity index (χ2v) is 6.50. The fraction of sp³-hybridized carbons (Fsp3) is 0.316. The third kappa shape index (κ3) is 2.71. The van der Waals surface area contributed by atoms with Crippen molar-refractivity contribution in [2.45, 2.75) is 39.7 Å². The van der Waals surface area contributed by atoms with E-state index in [2.05, 4.69) is 75.5 Å². The summed E-state index contributed by atoms with van der Waals surface area (Å²) in [5.74, 6) is 0.985. The quantitative estimate of drug-likeness (QED) is 0.816. The van der Waals surface area contributed by atoms with Gasteiger partial charge in [-0.25, -0.2) is 0 Å². The molecule has 1 aliphatic heterocycles. The van der Waals surface area contributed by atoms with E-state index < -0.39 is 0 Å². The molecule has 0 fully saturated rings. The summed E-state index contributed by atoms with van der Waals surface area (Å²) in [6, 6.07) is 14.9. The molecule has 0 atom stereocenters. The van der Waals surface area contributed by atoms with Crippen molar-refractivity contribution < 1.29 is 0 Å². The predicted octanol–water partition coefficient (Wildman–Crippen LogP) is 4.50. The Kier molecular flexibility index (Phi) is 3.32. The highest BCUT2D eigenvalue weighted by Crippen LogP contribution is 2.28. The van der Waals surface area contributed by atoms with E-state index in [0.29, 0.717) is 0 Å². The van der Waals surface area contributed by atoms with Gasteiger partial charge in [-0.3, -0.25) is 4.99 Å². The summed E-state index contributed by atoms with van der Waals surface area (Å²) >= 11 is 0. The Morgan fingerprint density at radius 1 is 0.952 bits per heavy atom. The van der Waals surface area contributed by atoms with Crippen molar-refractivity contribution in [1.82, 2.24) is 0 Å². The minimum absolute atomic E-state index is 0.0622. The topological polar surface area (TPSA) is 24.4 Å². The number of anilines is 1. The number of rotatable bonds is 1. The number of nitrogens with zero attached hydrogens (tertiary/aromatic N) is 1. The average Bonchev–Trinajstić information content (AvgIpc) is 2.41. The second-order valence-electron chi connectivity index (χ2n) is 6.50. The van der Waals surface area contributed by atoms with Gasteiger partial charge in [0.1, 0.15) is 5.84 Å². The van der Waals surface area contributed by atoms with Crippen molar-refractivity contribution >= 4 is 11.5 Å². The zero-order valence-electron chi connectivity index (χ0n) is 13.2. The van der Waals surface area contributed by atoms with Gasteiger partial charge in [0.05, 0.1) is 5.54 Å². The summed E-state index contributed by atoms with van der Waals surface area (Å²) in [4.78, 5) is 4.94. The predicted molar refractivity (Wildman–Crippen MR) is 90.3 cm³/mol. The van der Waals surface area contributed by atoms with Crippen LogP contribution in [0.1, 0.15) is 36.1 Å². The van der Waals surface area contributed by atoms with Gasteiger partial charge in [0.25, 0.3) is 0 Å². The molecule has 0 unspecified atom stereocenters. The van der Waals surface area contributed by atoms with E-state index in [1.807, 2.05) is 0 Å².